The molecule has 2 atom stereocenters. The number of carbonyl (C=O) groups excluding carboxylic acids is 1. The van der Waals surface area contributed by atoms with Crippen LogP contribution in [0.4, 0.5) is 0 Å². The Labute approximate surface area is 119 Å². The summed E-state index contributed by atoms with van der Waals surface area (Å²) in [7, 11) is 0. The van der Waals surface area contributed by atoms with E-state index < -0.39 is 12.0 Å². The summed E-state index contributed by atoms with van der Waals surface area (Å²) in [6.07, 6.45) is 2.32. The standard InChI is InChI=1S/C15H23NO4/c1-3-4-10(2)9-20-15(19)12(16)7-11-5-6-13(17)14(18)8-11/h5-6,8,10,12,17-18H,3-4,7,9,16H2,1-2H3/t10?,12-/m0/s1. The van der Waals surface area contributed by atoms with Gasteiger partial charge in [-0.05, 0) is 36.5 Å². The maximum atomic E-state index is 11.7. The zero-order chi connectivity index (χ0) is 15.1. The van der Waals surface area contributed by atoms with Crippen LogP contribution in [0.25, 0.3) is 0 Å². The predicted octanol–water partition coefficient (Wildman–Crippen LogP) is 1.95. The van der Waals surface area contributed by atoms with Gasteiger partial charge in [-0.2, -0.15) is 0 Å². The molecular formula is C15H23NO4. The van der Waals surface area contributed by atoms with E-state index in [1.165, 1.54) is 12.1 Å². The maximum Gasteiger partial charge on any atom is 0.323 e. The first-order valence-electron chi connectivity index (χ1n) is 6.87. The minimum Gasteiger partial charge on any atom is -0.504 e. The Morgan fingerprint density at radius 1 is 1.35 bits per heavy atom. The van der Waals surface area contributed by atoms with Gasteiger partial charge in [-0.25, -0.2) is 0 Å². The summed E-state index contributed by atoms with van der Waals surface area (Å²) in [4.78, 5) is 11.7. The third-order valence-electron chi connectivity index (χ3n) is 3.09. The van der Waals surface area contributed by atoms with Crippen LogP contribution in [0.2, 0.25) is 0 Å². The summed E-state index contributed by atoms with van der Waals surface area (Å²) in [6, 6.07) is 3.60. The van der Waals surface area contributed by atoms with Gasteiger partial charge in [-0.1, -0.05) is 26.3 Å². The van der Waals surface area contributed by atoms with Crippen molar-refractivity contribution in [3.8, 4) is 11.5 Å². The first-order valence-corrected chi connectivity index (χ1v) is 6.87. The first kappa shape index (κ1) is 16.3. The molecule has 4 N–H and O–H groups in total. The quantitative estimate of drug-likeness (QED) is 0.524. The molecule has 0 radical (unpaired) electrons. The lowest BCUT2D eigenvalue weighted by molar-refractivity contribution is -0.146. The summed E-state index contributed by atoms with van der Waals surface area (Å²) in [6.45, 7) is 4.49. The van der Waals surface area contributed by atoms with E-state index in [0.29, 0.717) is 18.1 Å². The molecule has 0 fully saturated rings. The number of benzene rings is 1. The zero-order valence-electron chi connectivity index (χ0n) is 12.0. The van der Waals surface area contributed by atoms with Crippen molar-refractivity contribution in [1.82, 2.24) is 0 Å². The van der Waals surface area contributed by atoms with Gasteiger partial charge in [0.05, 0.1) is 6.61 Å². The van der Waals surface area contributed by atoms with E-state index in [2.05, 4.69) is 6.92 Å². The summed E-state index contributed by atoms with van der Waals surface area (Å²) < 4.78 is 5.17. The summed E-state index contributed by atoms with van der Waals surface area (Å²) in [5.74, 6) is -0.535. The van der Waals surface area contributed by atoms with Gasteiger partial charge in [0.1, 0.15) is 6.04 Å². The second-order valence-corrected chi connectivity index (χ2v) is 5.16. The van der Waals surface area contributed by atoms with Crippen LogP contribution >= 0.6 is 0 Å². The van der Waals surface area contributed by atoms with Crippen molar-refractivity contribution in [3.63, 3.8) is 0 Å². The van der Waals surface area contributed by atoms with Crippen LogP contribution in [-0.2, 0) is 16.0 Å². The maximum absolute atomic E-state index is 11.7. The molecular weight excluding hydrogens is 258 g/mol. The number of phenols is 2. The van der Waals surface area contributed by atoms with Crippen LogP contribution in [0, 0.1) is 5.92 Å². The van der Waals surface area contributed by atoms with Gasteiger partial charge >= 0.3 is 5.97 Å². The molecule has 5 nitrogen and oxygen atoms in total. The molecule has 1 unspecified atom stereocenters. The molecule has 1 aromatic rings. The van der Waals surface area contributed by atoms with Crippen molar-refractivity contribution in [2.24, 2.45) is 11.7 Å². The second-order valence-electron chi connectivity index (χ2n) is 5.16. The Balaban J connectivity index is 2.46. The molecule has 0 saturated heterocycles. The fraction of sp³-hybridized carbons (Fsp3) is 0.533. The molecule has 0 aliphatic heterocycles. The molecule has 5 heteroatoms. The molecule has 0 saturated carbocycles. The third-order valence-corrected chi connectivity index (χ3v) is 3.09. The van der Waals surface area contributed by atoms with E-state index in [1.807, 2.05) is 6.92 Å². The number of nitrogens with two attached hydrogens (primary N) is 1. The van der Waals surface area contributed by atoms with Gasteiger partial charge in [-0.15, -0.1) is 0 Å². The zero-order valence-corrected chi connectivity index (χ0v) is 12.0. The molecule has 0 aliphatic rings. The van der Waals surface area contributed by atoms with Gasteiger partial charge in [0.2, 0.25) is 0 Å². The Morgan fingerprint density at radius 2 is 2.05 bits per heavy atom. The highest BCUT2D eigenvalue weighted by Crippen LogP contribution is 2.25. The number of phenolic OH excluding ortho intramolecular Hbond substituents is 2. The van der Waals surface area contributed by atoms with Crippen molar-refractivity contribution in [2.45, 2.75) is 39.2 Å². The van der Waals surface area contributed by atoms with Gasteiger partial charge in [-0.3, -0.25) is 4.79 Å². The average molecular weight is 281 g/mol. The van der Waals surface area contributed by atoms with Crippen molar-refractivity contribution < 1.29 is 19.7 Å². The van der Waals surface area contributed by atoms with Gasteiger partial charge in [0, 0.05) is 0 Å². The molecule has 0 spiro atoms. The molecule has 0 heterocycles. The lowest BCUT2D eigenvalue weighted by Gasteiger charge is -2.15. The second kappa shape index (κ2) is 7.75. The fourth-order valence-corrected chi connectivity index (χ4v) is 1.94. The number of hydrogen-bond acceptors (Lipinski definition) is 5. The highest BCUT2D eigenvalue weighted by molar-refractivity contribution is 5.75. The lowest BCUT2D eigenvalue weighted by Crippen LogP contribution is -2.35. The fourth-order valence-electron chi connectivity index (χ4n) is 1.94. The van der Waals surface area contributed by atoms with Crippen molar-refractivity contribution in [1.29, 1.82) is 0 Å². The molecule has 112 valence electrons. The third kappa shape index (κ3) is 5.09. The molecule has 0 aliphatic carbocycles. The number of rotatable bonds is 7. The Kier molecular flexibility index (Phi) is 6.31. The van der Waals surface area contributed by atoms with E-state index in [9.17, 15) is 15.0 Å². The highest BCUT2D eigenvalue weighted by Gasteiger charge is 2.17. The van der Waals surface area contributed by atoms with Crippen LogP contribution in [0.5, 0.6) is 11.5 Å². The van der Waals surface area contributed by atoms with Crippen LogP contribution < -0.4 is 5.73 Å². The van der Waals surface area contributed by atoms with E-state index in [4.69, 9.17) is 10.5 Å². The van der Waals surface area contributed by atoms with Crippen LogP contribution in [0.3, 0.4) is 0 Å². The summed E-state index contributed by atoms with van der Waals surface area (Å²) in [5, 5.41) is 18.6. The van der Waals surface area contributed by atoms with E-state index in [1.54, 1.807) is 6.07 Å². The molecule has 1 aromatic carbocycles. The first-order chi connectivity index (χ1) is 9.43. The van der Waals surface area contributed by atoms with E-state index in [0.717, 1.165) is 12.8 Å². The summed E-state index contributed by atoms with van der Waals surface area (Å²) >= 11 is 0. The van der Waals surface area contributed by atoms with Gasteiger partial charge in [0.25, 0.3) is 0 Å². The van der Waals surface area contributed by atoms with E-state index >= 15 is 0 Å². The molecule has 1 rings (SSSR count). The number of carbonyl (C=O) groups is 1. The van der Waals surface area contributed by atoms with Crippen LogP contribution in [0.1, 0.15) is 32.3 Å². The minimum atomic E-state index is -0.771. The lowest BCUT2D eigenvalue weighted by atomic mass is 10.1. The van der Waals surface area contributed by atoms with Crippen molar-refractivity contribution >= 4 is 5.97 Å². The number of hydrogen-bond donors (Lipinski definition) is 3. The van der Waals surface area contributed by atoms with Crippen molar-refractivity contribution in [3.05, 3.63) is 23.8 Å². The normalized spacial score (nSPS) is 13.8. The number of esters is 1. The monoisotopic (exact) mass is 281 g/mol. The largest absolute Gasteiger partial charge is 0.504 e. The van der Waals surface area contributed by atoms with Crippen LogP contribution in [-0.4, -0.2) is 28.8 Å². The van der Waals surface area contributed by atoms with Crippen molar-refractivity contribution in [2.75, 3.05) is 6.61 Å². The minimum absolute atomic E-state index is 0.196. The summed E-state index contributed by atoms with van der Waals surface area (Å²) in [5.41, 5.74) is 6.45. The van der Waals surface area contributed by atoms with Gasteiger partial charge in [0.15, 0.2) is 11.5 Å². The highest BCUT2D eigenvalue weighted by atomic mass is 16.5. The topological polar surface area (TPSA) is 92.8 Å². The average Bonchev–Trinajstić information content (AvgIpc) is 2.40. The van der Waals surface area contributed by atoms with Gasteiger partial charge < -0.3 is 20.7 Å². The Bertz CT molecular complexity index is 447. The smallest absolute Gasteiger partial charge is 0.323 e. The number of ether oxygens (including phenoxy) is 1. The number of aromatic hydroxyl groups is 2. The molecule has 0 amide bonds. The Hall–Kier alpha value is -1.75. The molecule has 0 aromatic heterocycles. The molecule has 20 heavy (non-hydrogen) atoms. The Morgan fingerprint density at radius 3 is 2.65 bits per heavy atom. The van der Waals surface area contributed by atoms with E-state index in [-0.39, 0.29) is 17.9 Å². The van der Waals surface area contributed by atoms with Crippen LogP contribution in [0.15, 0.2) is 18.2 Å². The molecule has 0 bridgehead atoms. The SMILES string of the molecule is CCCC(C)COC(=O)[C@@H](N)Cc1ccc(O)c(O)c1. The predicted molar refractivity (Wildman–Crippen MR) is 76.5 cm³/mol.